The lowest BCUT2D eigenvalue weighted by Crippen LogP contribution is -2.34. The predicted molar refractivity (Wildman–Crippen MR) is 75.2 cm³/mol. The molecule has 0 amide bonds. The summed E-state index contributed by atoms with van der Waals surface area (Å²) in [5.41, 5.74) is 1.21. The summed E-state index contributed by atoms with van der Waals surface area (Å²) in [6.07, 6.45) is 2.13. The first kappa shape index (κ1) is 14.5. The van der Waals surface area contributed by atoms with Crippen LogP contribution >= 0.6 is 11.8 Å². The van der Waals surface area contributed by atoms with Crippen LogP contribution in [-0.4, -0.2) is 24.1 Å². The Bertz CT molecular complexity index is 292. The molecule has 0 fully saturated rings. The Morgan fingerprint density at radius 1 is 1.24 bits per heavy atom. The van der Waals surface area contributed by atoms with E-state index in [2.05, 4.69) is 19.2 Å². The third-order valence-electron chi connectivity index (χ3n) is 2.60. The number of rotatable bonds is 8. The van der Waals surface area contributed by atoms with Crippen LogP contribution < -0.4 is 5.32 Å². The summed E-state index contributed by atoms with van der Waals surface area (Å²) in [5, 5.41) is 3.55. The van der Waals surface area contributed by atoms with Crippen molar-refractivity contribution in [1.82, 2.24) is 5.32 Å². The zero-order valence-electron chi connectivity index (χ0n) is 10.7. The van der Waals surface area contributed by atoms with Crippen LogP contribution in [0.2, 0.25) is 0 Å². The van der Waals surface area contributed by atoms with Gasteiger partial charge in [-0.25, -0.2) is 4.39 Å². The number of benzene rings is 1. The Morgan fingerprint density at radius 3 is 2.53 bits per heavy atom. The largest absolute Gasteiger partial charge is 0.313 e. The van der Waals surface area contributed by atoms with E-state index in [1.807, 2.05) is 23.9 Å². The molecule has 1 rings (SSSR count). The van der Waals surface area contributed by atoms with Gasteiger partial charge < -0.3 is 5.32 Å². The maximum Gasteiger partial charge on any atom is 0.123 e. The molecule has 0 saturated heterocycles. The van der Waals surface area contributed by atoms with Crippen LogP contribution in [0.4, 0.5) is 4.39 Å². The molecule has 1 atom stereocenters. The predicted octanol–water partition coefficient (Wildman–Crippen LogP) is 3.49. The number of nitrogens with one attached hydrogen (secondary N) is 1. The van der Waals surface area contributed by atoms with Crippen LogP contribution in [0, 0.1) is 5.82 Å². The molecule has 17 heavy (non-hydrogen) atoms. The van der Waals surface area contributed by atoms with Crippen LogP contribution in [0.15, 0.2) is 24.3 Å². The van der Waals surface area contributed by atoms with Gasteiger partial charge in [0.2, 0.25) is 0 Å². The summed E-state index contributed by atoms with van der Waals surface area (Å²) in [5.74, 6) is 2.11. The fourth-order valence-corrected chi connectivity index (χ4v) is 2.46. The minimum absolute atomic E-state index is 0.158. The highest BCUT2D eigenvalue weighted by molar-refractivity contribution is 7.99. The molecule has 1 unspecified atom stereocenters. The zero-order valence-corrected chi connectivity index (χ0v) is 11.5. The van der Waals surface area contributed by atoms with Crippen molar-refractivity contribution in [3.8, 4) is 0 Å². The van der Waals surface area contributed by atoms with Crippen LogP contribution in [-0.2, 0) is 6.42 Å². The Hall–Kier alpha value is -0.540. The van der Waals surface area contributed by atoms with Crippen LogP contribution in [0.25, 0.3) is 0 Å². The summed E-state index contributed by atoms with van der Waals surface area (Å²) in [4.78, 5) is 0. The molecule has 96 valence electrons. The second kappa shape index (κ2) is 8.54. The van der Waals surface area contributed by atoms with E-state index in [4.69, 9.17) is 0 Å². The normalized spacial score (nSPS) is 12.6. The molecule has 0 aliphatic carbocycles. The highest BCUT2D eigenvalue weighted by Gasteiger charge is 2.08. The van der Waals surface area contributed by atoms with Gasteiger partial charge in [0, 0.05) is 11.8 Å². The molecule has 0 heterocycles. The molecule has 1 aromatic rings. The minimum atomic E-state index is -0.158. The number of thioether (sulfide) groups is 1. The van der Waals surface area contributed by atoms with E-state index in [1.54, 1.807) is 12.1 Å². The lowest BCUT2D eigenvalue weighted by molar-refractivity contribution is 0.549. The van der Waals surface area contributed by atoms with E-state index in [0.29, 0.717) is 6.04 Å². The molecule has 0 aliphatic rings. The van der Waals surface area contributed by atoms with Gasteiger partial charge in [0.15, 0.2) is 0 Å². The van der Waals surface area contributed by atoms with E-state index in [0.717, 1.165) is 30.9 Å². The van der Waals surface area contributed by atoms with E-state index in [-0.39, 0.29) is 5.82 Å². The molecular weight excluding hydrogens is 233 g/mol. The standard InChI is InChI=1S/C14H22FNS/c1-3-9-16-14(11-17-4-2)10-12-5-7-13(15)8-6-12/h5-8,14,16H,3-4,9-11H2,1-2H3. The second-order valence-electron chi connectivity index (χ2n) is 4.14. The smallest absolute Gasteiger partial charge is 0.123 e. The molecule has 0 radical (unpaired) electrons. The van der Waals surface area contributed by atoms with Gasteiger partial charge in [-0.05, 0) is 42.8 Å². The van der Waals surface area contributed by atoms with Crippen LogP contribution in [0.1, 0.15) is 25.8 Å². The average molecular weight is 255 g/mol. The summed E-state index contributed by atoms with van der Waals surface area (Å²) in [6, 6.07) is 7.34. The SMILES string of the molecule is CCCNC(CSCC)Cc1ccc(F)cc1. The van der Waals surface area contributed by atoms with Gasteiger partial charge in [-0.3, -0.25) is 0 Å². The van der Waals surface area contributed by atoms with Gasteiger partial charge in [0.1, 0.15) is 5.82 Å². The Labute approximate surface area is 108 Å². The highest BCUT2D eigenvalue weighted by atomic mass is 32.2. The minimum Gasteiger partial charge on any atom is -0.313 e. The fourth-order valence-electron chi connectivity index (χ4n) is 1.70. The van der Waals surface area contributed by atoms with E-state index in [1.165, 1.54) is 5.56 Å². The summed E-state index contributed by atoms with van der Waals surface area (Å²) in [6.45, 7) is 5.41. The quantitative estimate of drug-likeness (QED) is 0.763. The summed E-state index contributed by atoms with van der Waals surface area (Å²) >= 11 is 1.95. The first-order valence-corrected chi connectivity index (χ1v) is 7.47. The van der Waals surface area contributed by atoms with Gasteiger partial charge in [-0.1, -0.05) is 26.0 Å². The monoisotopic (exact) mass is 255 g/mol. The van der Waals surface area contributed by atoms with Gasteiger partial charge in [0.25, 0.3) is 0 Å². The number of hydrogen-bond acceptors (Lipinski definition) is 2. The van der Waals surface area contributed by atoms with Crippen molar-refractivity contribution >= 4 is 11.8 Å². The van der Waals surface area contributed by atoms with Crippen molar-refractivity contribution in [1.29, 1.82) is 0 Å². The van der Waals surface area contributed by atoms with Gasteiger partial charge in [-0.2, -0.15) is 11.8 Å². The second-order valence-corrected chi connectivity index (χ2v) is 5.46. The Kier molecular flexibility index (Phi) is 7.29. The van der Waals surface area contributed by atoms with Crippen molar-refractivity contribution in [2.75, 3.05) is 18.1 Å². The van der Waals surface area contributed by atoms with E-state index < -0.39 is 0 Å². The maximum atomic E-state index is 12.8. The molecule has 0 aromatic heterocycles. The molecule has 0 saturated carbocycles. The third-order valence-corrected chi connectivity index (χ3v) is 3.65. The highest BCUT2D eigenvalue weighted by Crippen LogP contribution is 2.10. The van der Waals surface area contributed by atoms with E-state index in [9.17, 15) is 4.39 Å². The van der Waals surface area contributed by atoms with Gasteiger partial charge in [0.05, 0.1) is 0 Å². The number of halogens is 1. The lowest BCUT2D eigenvalue weighted by atomic mass is 10.1. The van der Waals surface area contributed by atoms with E-state index >= 15 is 0 Å². The molecular formula is C14H22FNS. The lowest BCUT2D eigenvalue weighted by Gasteiger charge is -2.18. The van der Waals surface area contributed by atoms with Crippen LogP contribution in [0.5, 0.6) is 0 Å². The molecule has 0 bridgehead atoms. The topological polar surface area (TPSA) is 12.0 Å². The van der Waals surface area contributed by atoms with Crippen molar-refractivity contribution in [3.05, 3.63) is 35.6 Å². The van der Waals surface area contributed by atoms with Crippen molar-refractivity contribution in [2.45, 2.75) is 32.7 Å². The fraction of sp³-hybridized carbons (Fsp3) is 0.571. The third kappa shape index (κ3) is 6.08. The van der Waals surface area contributed by atoms with Crippen molar-refractivity contribution in [3.63, 3.8) is 0 Å². The Balaban J connectivity index is 2.48. The maximum absolute atomic E-state index is 12.8. The summed E-state index contributed by atoms with van der Waals surface area (Å²) in [7, 11) is 0. The molecule has 3 heteroatoms. The summed E-state index contributed by atoms with van der Waals surface area (Å²) < 4.78 is 12.8. The molecule has 1 nitrogen and oxygen atoms in total. The van der Waals surface area contributed by atoms with Crippen molar-refractivity contribution < 1.29 is 4.39 Å². The number of hydrogen-bond donors (Lipinski definition) is 1. The Morgan fingerprint density at radius 2 is 1.94 bits per heavy atom. The first-order chi connectivity index (χ1) is 8.26. The molecule has 0 aliphatic heterocycles. The van der Waals surface area contributed by atoms with Gasteiger partial charge >= 0.3 is 0 Å². The van der Waals surface area contributed by atoms with Gasteiger partial charge in [-0.15, -0.1) is 0 Å². The average Bonchev–Trinajstić information content (AvgIpc) is 2.35. The zero-order chi connectivity index (χ0) is 12.5. The molecule has 1 N–H and O–H groups in total. The first-order valence-electron chi connectivity index (χ1n) is 6.31. The molecule has 1 aromatic carbocycles. The van der Waals surface area contributed by atoms with Crippen LogP contribution in [0.3, 0.4) is 0 Å². The molecule has 0 spiro atoms. The van der Waals surface area contributed by atoms with Crippen molar-refractivity contribution in [2.24, 2.45) is 0 Å².